The van der Waals surface area contributed by atoms with Gasteiger partial charge in [-0.05, 0) is 29.1 Å². The van der Waals surface area contributed by atoms with E-state index >= 15 is 0 Å². The Kier molecular flexibility index (Phi) is 3.93. The number of aromatic hydroxyl groups is 1. The van der Waals surface area contributed by atoms with Gasteiger partial charge in [0.05, 0.1) is 19.9 Å². The maximum absolute atomic E-state index is 12.2. The molecule has 6 nitrogen and oxygen atoms in total. The van der Waals surface area contributed by atoms with Crippen molar-refractivity contribution in [1.82, 2.24) is 9.78 Å². The Morgan fingerprint density at radius 2 is 2.32 bits per heavy atom. The van der Waals surface area contributed by atoms with Crippen molar-refractivity contribution in [1.29, 1.82) is 0 Å². The zero-order valence-electron chi connectivity index (χ0n) is 13.6. The summed E-state index contributed by atoms with van der Waals surface area (Å²) >= 11 is 1.66. The monoisotopic (exact) mass is 355 g/mol. The summed E-state index contributed by atoms with van der Waals surface area (Å²) in [6.45, 7) is 0.619. The Labute approximate surface area is 148 Å². The van der Waals surface area contributed by atoms with Gasteiger partial charge in [-0.1, -0.05) is 12.1 Å². The number of fused-ring (bicyclic) bond motifs is 1. The first-order valence-electron chi connectivity index (χ1n) is 7.90. The van der Waals surface area contributed by atoms with Crippen LogP contribution in [0, 0.1) is 0 Å². The second-order valence-electron chi connectivity index (χ2n) is 5.92. The normalized spacial score (nSPS) is 16.4. The molecule has 2 N–H and O–H groups in total. The van der Waals surface area contributed by atoms with Crippen LogP contribution in [0.2, 0.25) is 0 Å². The first kappa shape index (κ1) is 15.7. The molecule has 0 saturated carbocycles. The van der Waals surface area contributed by atoms with Crippen LogP contribution in [-0.2, 0) is 11.3 Å². The summed E-state index contributed by atoms with van der Waals surface area (Å²) in [5.74, 6) is 1.01. The molecule has 25 heavy (non-hydrogen) atoms. The second-order valence-corrected chi connectivity index (χ2v) is 6.95. The van der Waals surface area contributed by atoms with Crippen LogP contribution < -0.4 is 10.1 Å². The summed E-state index contributed by atoms with van der Waals surface area (Å²) in [5.41, 5.74) is 1.82. The Balaban J connectivity index is 1.71. The first-order valence-corrected chi connectivity index (χ1v) is 8.78. The fraction of sp³-hybridized carbons (Fsp3) is 0.222. The average Bonchev–Trinajstić information content (AvgIpc) is 3.25. The van der Waals surface area contributed by atoms with Crippen LogP contribution in [0.15, 0.2) is 41.9 Å². The van der Waals surface area contributed by atoms with Crippen molar-refractivity contribution < 1.29 is 14.6 Å². The third-order valence-electron chi connectivity index (χ3n) is 4.38. The van der Waals surface area contributed by atoms with E-state index in [4.69, 9.17) is 4.74 Å². The van der Waals surface area contributed by atoms with Crippen molar-refractivity contribution in [3.63, 3.8) is 0 Å². The van der Waals surface area contributed by atoms with Crippen molar-refractivity contribution >= 4 is 23.1 Å². The van der Waals surface area contributed by atoms with E-state index in [2.05, 4.69) is 10.4 Å². The lowest BCUT2D eigenvalue weighted by Gasteiger charge is -2.24. The van der Waals surface area contributed by atoms with Crippen LogP contribution in [0.4, 0.5) is 5.82 Å². The highest BCUT2D eigenvalue weighted by molar-refractivity contribution is 7.09. The summed E-state index contributed by atoms with van der Waals surface area (Å²) in [7, 11) is 1.51. The quantitative estimate of drug-likeness (QED) is 0.754. The highest BCUT2D eigenvalue weighted by Gasteiger charge is 2.30. The number of carbonyl (C=O) groups is 1. The highest BCUT2D eigenvalue weighted by atomic mass is 32.1. The molecule has 0 fully saturated rings. The number of benzene rings is 1. The standard InChI is InChI=1S/C18H17N3O3S/c1-24-16-5-4-11(7-15(16)22)13-8-17(23)20-18-14(13)9-19-21(18)10-12-3-2-6-25-12/h2-7,9,13,22H,8,10H2,1H3,(H,20,23)/t13-/m1/s1. The van der Waals surface area contributed by atoms with Crippen LogP contribution in [0.3, 0.4) is 0 Å². The molecule has 0 spiro atoms. The molecule has 4 rings (SSSR count). The maximum atomic E-state index is 12.2. The third-order valence-corrected chi connectivity index (χ3v) is 5.24. The minimum absolute atomic E-state index is 0.0549. The predicted molar refractivity (Wildman–Crippen MR) is 95.4 cm³/mol. The number of phenolic OH excluding ortho intramolecular Hbond substituents is 1. The van der Waals surface area contributed by atoms with Crippen LogP contribution in [-0.4, -0.2) is 27.9 Å². The van der Waals surface area contributed by atoms with E-state index < -0.39 is 0 Å². The van der Waals surface area contributed by atoms with Gasteiger partial charge < -0.3 is 15.2 Å². The molecule has 3 heterocycles. The smallest absolute Gasteiger partial charge is 0.226 e. The van der Waals surface area contributed by atoms with Crippen LogP contribution in [0.1, 0.15) is 28.3 Å². The molecule has 128 valence electrons. The number of thiophene rings is 1. The predicted octanol–water partition coefficient (Wildman–Crippen LogP) is 3.18. The van der Waals surface area contributed by atoms with E-state index in [9.17, 15) is 9.90 Å². The van der Waals surface area contributed by atoms with E-state index in [1.54, 1.807) is 29.7 Å². The van der Waals surface area contributed by atoms with Gasteiger partial charge in [0.1, 0.15) is 5.82 Å². The number of methoxy groups -OCH3 is 1. The average molecular weight is 355 g/mol. The zero-order chi connectivity index (χ0) is 17.4. The maximum Gasteiger partial charge on any atom is 0.226 e. The molecule has 0 aliphatic carbocycles. The number of hydrogen-bond acceptors (Lipinski definition) is 5. The van der Waals surface area contributed by atoms with Gasteiger partial charge in [0, 0.05) is 22.8 Å². The minimum atomic E-state index is -0.141. The fourth-order valence-electron chi connectivity index (χ4n) is 3.16. The molecule has 1 amide bonds. The van der Waals surface area contributed by atoms with Crippen molar-refractivity contribution in [3.8, 4) is 11.5 Å². The Morgan fingerprint density at radius 1 is 1.44 bits per heavy atom. The van der Waals surface area contributed by atoms with Crippen LogP contribution in [0.25, 0.3) is 0 Å². The van der Waals surface area contributed by atoms with E-state index in [1.807, 2.05) is 28.3 Å². The second kappa shape index (κ2) is 6.25. The van der Waals surface area contributed by atoms with Crippen molar-refractivity contribution in [3.05, 3.63) is 57.9 Å². The molecule has 7 heteroatoms. The minimum Gasteiger partial charge on any atom is -0.504 e. The van der Waals surface area contributed by atoms with Crippen molar-refractivity contribution in [2.45, 2.75) is 18.9 Å². The van der Waals surface area contributed by atoms with Gasteiger partial charge in [0.15, 0.2) is 11.5 Å². The molecular formula is C18H17N3O3S. The SMILES string of the molecule is COc1ccc([C@H]2CC(=O)Nc3c2cnn3Cc2cccs2)cc1O. The van der Waals surface area contributed by atoms with E-state index in [0.29, 0.717) is 18.7 Å². The number of nitrogens with zero attached hydrogens (tertiary/aromatic N) is 2. The summed E-state index contributed by atoms with van der Waals surface area (Å²) in [6, 6.07) is 9.29. The molecule has 0 saturated heterocycles. The molecule has 0 bridgehead atoms. The molecule has 1 aromatic carbocycles. The summed E-state index contributed by atoms with van der Waals surface area (Å²) in [4.78, 5) is 13.4. The number of hydrogen-bond donors (Lipinski definition) is 2. The lowest BCUT2D eigenvalue weighted by molar-refractivity contribution is -0.116. The number of phenols is 1. The summed E-state index contributed by atoms with van der Waals surface area (Å²) in [5, 5.41) is 19.5. The zero-order valence-corrected chi connectivity index (χ0v) is 14.4. The molecule has 1 aliphatic heterocycles. The molecule has 2 aromatic heterocycles. The molecule has 0 unspecified atom stereocenters. The largest absolute Gasteiger partial charge is 0.504 e. The summed E-state index contributed by atoms with van der Waals surface area (Å²) < 4.78 is 6.91. The van der Waals surface area contributed by atoms with Crippen molar-refractivity contribution in [2.24, 2.45) is 0 Å². The summed E-state index contributed by atoms with van der Waals surface area (Å²) in [6.07, 6.45) is 2.12. The number of amides is 1. The van der Waals surface area contributed by atoms with Gasteiger partial charge in [-0.25, -0.2) is 4.68 Å². The van der Waals surface area contributed by atoms with Gasteiger partial charge >= 0.3 is 0 Å². The molecule has 3 aromatic rings. The van der Waals surface area contributed by atoms with Crippen molar-refractivity contribution in [2.75, 3.05) is 12.4 Å². The molecular weight excluding hydrogens is 338 g/mol. The number of aromatic nitrogens is 2. The van der Waals surface area contributed by atoms with E-state index in [1.165, 1.54) is 12.0 Å². The van der Waals surface area contributed by atoms with Gasteiger partial charge in [-0.2, -0.15) is 5.10 Å². The third kappa shape index (κ3) is 2.87. The number of rotatable bonds is 4. The molecule has 1 atom stereocenters. The van der Waals surface area contributed by atoms with Gasteiger partial charge in [0.2, 0.25) is 5.91 Å². The number of carbonyl (C=O) groups excluding carboxylic acids is 1. The highest BCUT2D eigenvalue weighted by Crippen LogP contribution is 2.39. The Hall–Kier alpha value is -2.80. The lowest BCUT2D eigenvalue weighted by Crippen LogP contribution is -2.25. The molecule has 1 aliphatic rings. The van der Waals surface area contributed by atoms with Gasteiger partial charge in [-0.3, -0.25) is 4.79 Å². The first-order chi connectivity index (χ1) is 12.2. The van der Waals surface area contributed by atoms with E-state index in [0.717, 1.165) is 16.9 Å². The van der Waals surface area contributed by atoms with Gasteiger partial charge in [-0.15, -0.1) is 11.3 Å². The topological polar surface area (TPSA) is 76.4 Å². The Bertz CT molecular complexity index is 918. The number of anilines is 1. The lowest BCUT2D eigenvalue weighted by atomic mass is 9.87. The Morgan fingerprint density at radius 3 is 3.04 bits per heavy atom. The molecule has 0 radical (unpaired) electrons. The number of nitrogens with one attached hydrogen (secondary N) is 1. The van der Waals surface area contributed by atoms with Crippen LogP contribution in [0.5, 0.6) is 11.5 Å². The van der Waals surface area contributed by atoms with Gasteiger partial charge in [0.25, 0.3) is 0 Å². The fourth-order valence-corrected chi connectivity index (χ4v) is 3.85. The van der Waals surface area contributed by atoms with E-state index in [-0.39, 0.29) is 17.6 Å². The number of ether oxygens (including phenoxy) is 1. The van der Waals surface area contributed by atoms with Crippen LogP contribution >= 0.6 is 11.3 Å².